The van der Waals surface area contributed by atoms with Crippen molar-refractivity contribution in [3.63, 3.8) is 0 Å². The van der Waals surface area contributed by atoms with Crippen molar-refractivity contribution in [3.05, 3.63) is 30.3 Å². The predicted molar refractivity (Wildman–Crippen MR) is 74.2 cm³/mol. The maximum Gasteiger partial charge on any atom is 0.217 e. The molecule has 0 spiro atoms. The lowest BCUT2D eigenvalue weighted by atomic mass is 9.88. The Balaban J connectivity index is 2.59. The van der Waals surface area contributed by atoms with E-state index in [0.717, 1.165) is 5.75 Å². The quantitative estimate of drug-likeness (QED) is 0.832. The van der Waals surface area contributed by atoms with E-state index in [1.165, 1.54) is 4.90 Å². The minimum atomic E-state index is 0.0404. The Morgan fingerprint density at radius 2 is 1.88 bits per heavy atom. The van der Waals surface area contributed by atoms with E-state index >= 15 is 0 Å². The van der Waals surface area contributed by atoms with Crippen molar-refractivity contribution < 1.29 is 4.79 Å². The van der Waals surface area contributed by atoms with Gasteiger partial charge in [-0.1, -0.05) is 39.0 Å². The smallest absolute Gasteiger partial charge is 0.217 e. The second-order valence-electron chi connectivity index (χ2n) is 5.24. The van der Waals surface area contributed by atoms with Gasteiger partial charge in [-0.25, -0.2) is 0 Å². The topological polar surface area (TPSA) is 29.1 Å². The lowest BCUT2D eigenvalue weighted by molar-refractivity contribution is -0.120. The van der Waals surface area contributed by atoms with Gasteiger partial charge in [-0.15, -0.1) is 11.8 Å². The number of carbonyl (C=O) groups is 1. The van der Waals surface area contributed by atoms with Crippen molar-refractivity contribution in [2.45, 2.75) is 38.6 Å². The summed E-state index contributed by atoms with van der Waals surface area (Å²) in [5.41, 5.74) is 0.0768. The summed E-state index contributed by atoms with van der Waals surface area (Å²) < 4.78 is 0. The second-order valence-corrected chi connectivity index (χ2v) is 6.34. The van der Waals surface area contributed by atoms with Crippen molar-refractivity contribution in [2.24, 2.45) is 5.41 Å². The molecule has 0 fully saturated rings. The Bertz CT molecular complexity index is 356. The number of carbonyl (C=O) groups excluding carboxylic acids is 1. The van der Waals surface area contributed by atoms with Crippen LogP contribution in [0.4, 0.5) is 0 Å². The number of thioether (sulfide) groups is 1. The molecule has 94 valence electrons. The zero-order chi connectivity index (χ0) is 12.9. The van der Waals surface area contributed by atoms with Crippen molar-refractivity contribution >= 4 is 17.7 Å². The summed E-state index contributed by atoms with van der Waals surface area (Å²) in [6.07, 6.45) is 0. The number of hydrogen-bond donors (Lipinski definition) is 1. The van der Waals surface area contributed by atoms with Crippen LogP contribution in [0.3, 0.4) is 0 Å². The van der Waals surface area contributed by atoms with Gasteiger partial charge < -0.3 is 5.32 Å². The van der Waals surface area contributed by atoms with Gasteiger partial charge in [0.05, 0.1) is 0 Å². The highest BCUT2D eigenvalue weighted by molar-refractivity contribution is 7.99. The zero-order valence-corrected chi connectivity index (χ0v) is 11.8. The molecule has 0 radical (unpaired) electrons. The first-order valence-electron chi connectivity index (χ1n) is 5.84. The van der Waals surface area contributed by atoms with Crippen molar-refractivity contribution in [3.8, 4) is 0 Å². The molecule has 1 N–H and O–H groups in total. The summed E-state index contributed by atoms with van der Waals surface area (Å²) in [7, 11) is 0. The third-order valence-electron chi connectivity index (χ3n) is 2.58. The van der Waals surface area contributed by atoms with Gasteiger partial charge in [0.25, 0.3) is 0 Å². The Morgan fingerprint density at radius 1 is 1.29 bits per heavy atom. The second kappa shape index (κ2) is 6.10. The van der Waals surface area contributed by atoms with Crippen LogP contribution in [0.1, 0.15) is 27.7 Å². The summed E-state index contributed by atoms with van der Waals surface area (Å²) in [6.45, 7) is 8.03. The van der Waals surface area contributed by atoms with Gasteiger partial charge in [-0.2, -0.15) is 0 Å². The fraction of sp³-hybridized carbons (Fsp3) is 0.500. The molecule has 1 amide bonds. The molecule has 0 aromatic heterocycles. The van der Waals surface area contributed by atoms with Crippen LogP contribution in [0.5, 0.6) is 0 Å². The van der Waals surface area contributed by atoms with Gasteiger partial charge in [-0.3, -0.25) is 4.79 Å². The molecule has 0 bridgehead atoms. The first-order valence-corrected chi connectivity index (χ1v) is 6.83. The van der Waals surface area contributed by atoms with Gasteiger partial charge >= 0.3 is 0 Å². The normalized spacial score (nSPS) is 13.2. The van der Waals surface area contributed by atoms with Crippen LogP contribution in [-0.2, 0) is 4.79 Å². The van der Waals surface area contributed by atoms with E-state index in [1.54, 1.807) is 18.7 Å². The molecule has 0 saturated heterocycles. The Morgan fingerprint density at radius 3 is 2.35 bits per heavy atom. The summed E-state index contributed by atoms with van der Waals surface area (Å²) >= 11 is 1.78. The summed E-state index contributed by atoms with van der Waals surface area (Å²) in [6, 6.07) is 10.5. The van der Waals surface area contributed by atoms with Crippen LogP contribution in [0.25, 0.3) is 0 Å². The van der Waals surface area contributed by atoms with E-state index in [-0.39, 0.29) is 17.4 Å². The number of nitrogens with one attached hydrogen (secondary N) is 1. The lowest BCUT2D eigenvalue weighted by Gasteiger charge is -2.31. The Labute approximate surface area is 108 Å². The standard InChI is InChI=1S/C14H21NOS/c1-11(16)15-13(14(2,3)4)10-17-12-8-6-5-7-9-12/h5-9,13H,10H2,1-4H3,(H,15,16). The van der Waals surface area contributed by atoms with Gasteiger partial charge in [0.1, 0.15) is 0 Å². The Hall–Kier alpha value is -0.960. The first-order chi connectivity index (χ1) is 7.89. The highest BCUT2D eigenvalue weighted by atomic mass is 32.2. The molecule has 0 aliphatic carbocycles. The molecule has 0 aliphatic rings. The van der Waals surface area contributed by atoms with Gasteiger partial charge in [0.2, 0.25) is 5.91 Å². The van der Waals surface area contributed by atoms with E-state index < -0.39 is 0 Å². The summed E-state index contributed by atoms with van der Waals surface area (Å²) in [4.78, 5) is 12.4. The number of hydrogen-bond acceptors (Lipinski definition) is 2. The molecule has 1 rings (SSSR count). The van der Waals surface area contributed by atoms with E-state index in [0.29, 0.717) is 0 Å². The molecule has 1 aromatic carbocycles. The average Bonchev–Trinajstić information content (AvgIpc) is 2.23. The fourth-order valence-corrected chi connectivity index (χ4v) is 2.74. The molecule has 3 heteroatoms. The number of rotatable bonds is 4. The molecule has 17 heavy (non-hydrogen) atoms. The minimum absolute atomic E-state index is 0.0404. The molecule has 1 unspecified atom stereocenters. The lowest BCUT2D eigenvalue weighted by Crippen LogP contribution is -2.44. The van der Waals surface area contributed by atoms with Gasteiger partial charge in [0, 0.05) is 23.6 Å². The average molecular weight is 251 g/mol. The summed E-state index contributed by atoms with van der Waals surface area (Å²) in [5.74, 6) is 0.936. The zero-order valence-electron chi connectivity index (χ0n) is 11.0. The maximum absolute atomic E-state index is 11.2. The van der Waals surface area contributed by atoms with Crippen LogP contribution in [0.2, 0.25) is 0 Å². The number of amides is 1. The van der Waals surface area contributed by atoms with E-state index in [1.807, 2.05) is 18.2 Å². The molecular weight excluding hydrogens is 230 g/mol. The SMILES string of the molecule is CC(=O)NC(CSc1ccccc1)C(C)(C)C. The molecule has 1 atom stereocenters. The molecule has 0 heterocycles. The number of benzene rings is 1. The molecule has 2 nitrogen and oxygen atoms in total. The van der Waals surface area contributed by atoms with E-state index in [4.69, 9.17) is 0 Å². The molecule has 0 aliphatic heterocycles. The van der Waals surface area contributed by atoms with Gasteiger partial charge in [-0.05, 0) is 17.5 Å². The van der Waals surface area contributed by atoms with Crippen LogP contribution in [0.15, 0.2) is 35.2 Å². The van der Waals surface area contributed by atoms with Crippen LogP contribution in [0, 0.1) is 5.41 Å². The van der Waals surface area contributed by atoms with Gasteiger partial charge in [0.15, 0.2) is 0 Å². The predicted octanol–water partition coefficient (Wildman–Crippen LogP) is 3.33. The van der Waals surface area contributed by atoms with Crippen molar-refractivity contribution in [2.75, 3.05) is 5.75 Å². The van der Waals surface area contributed by atoms with E-state index in [2.05, 4.69) is 38.2 Å². The van der Waals surface area contributed by atoms with E-state index in [9.17, 15) is 4.79 Å². The van der Waals surface area contributed by atoms with Crippen LogP contribution in [-0.4, -0.2) is 17.7 Å². The molecule has 1 aromatic rings. The third kappa shape index (κ3) is 5.26. The third-order valence-corrected chi connectivity index (χ3v) is 3.69. The fourth-order valence-electron chi connectivity index (χ4n) is 1.45. The van der Waals surface area contributed by atoms with Crippen molar-refractivity contribution in [1.29, 1.82) is 0 Å². The van der Waals surface area contributed by atoms with Crippen molar-refractivity contribution in [1.82, 2.24) is 5.32 Å². The molecular formula is C14H21NOS. The summed E-state index contributed by atoms with van der Waals surface area (Å²) in [5, 5.41) is 3.03. The highest BCUT2D eigenvalue weighted by Gasteiger charge is 2.25. The van der Waals surface area contributed by atoms with Crippen LogP contribution >= 0.6 is 11.8 Å². The highest BCUT2D eigenvalue weighted by Crippen LogP contribution is 2.26. The molecule has 0 saturated carbocycles. The monoisotopic (exact) mass is 251 g/mol. The van der Waals surface area contributed by atoms with Crippen LogP contribution < -0.4 is 5.32 Å². The first kappa shape index (κ1) is 14.1. The largest absolute Gasteiger partial charge is 0.352 e. The minimum Gasteiger partial charge on any atom is -0.352 e. The maximum atomic E-state index is 11.2. The Kier molecular flexibility index (Phi) is 5.06.